The van der Waals surface area contributed by atoms with Gasteiger partial charge in [-0.3, -0.25) is 0 Å². The normalized spacial score (nSPS) is 17.2. The number of hydrogen-bond acceptors (Lipinski definition) is 2. The van der Waals surface area contributed by atoms with Gasteiger partial charge in [-0.1, -0.05) is 24.3 Å². The Morgan fingerprint density at radius 1 is 1.24 bits per heavy atom. The Morgan fingerprint density at radius 3 is 2.76 bits per heavy atom. The lowest BCUT2D eigenvalue weighted by atomic mass is 10.0. The lowest BCUT2D eigenvalue weighted by molar-refractivity contribution is 0.386. The minimum Gasteiger partial charge on any atom is -0.317 e. The smallest absolute Gasteiger partial charge is 0.00912 e. The Hall–Kier alpha value is -0.860. The van der Waals surface area contributed by atoms with Gasteiger partial charge in [-0.05, 0) is 63.4 Å². The first-order chi connectivity index (χ1) is 8.36. The van der Waals surface area contributed by atoms with Crippen LogP contribution in [0.25, 0.3) is 0 Å². The molecule has 0 unspecified atom stereocenters. The molecular formula is C15H24N2. The summed E-state index contributed by atoms with van der Waals surface area (Å²) in [6, 6.07) is 9.46. The van der Waals surface area contributed by atoms with Crippen molar-refractivity contribution in [1.29, 1.82) is 0 Å². The first kappa shape index (κ1) is 12.6. The molecule has 0 atom stereocenters. The minimum absolute atomic E-state index is 0.744. The Balaban J connectivity index is 1.64. The molecule has 1 aromatic rings. The van der Waals surface area contributed by atoms with Gasteiger partial charge < -0.3 is 10.6 Å². The van der Waals surface area contributed by atoms with Crippen LogP contribution in [0.2, 0.25) is 0 Å². The molecule has 0 aromatic heterocycles. The van der Waals surface area contributed by atoms with Gasteiger partial charge in [0.15, 0.2) is 0 Å². The first-order valence-electron chi connectivity index (χ1n) is 6.85. The third-order valence-corrected chi connectivity index (χ3v) is 3.66. The maximum absolute atomic E-state index is 3.67. The maximum Gasteiger partial charge on any atom is 0.00912 e. The molecule has 94 valence electrons. The van der Waals surface area contributed by atoms with E-state index in [0.717, 1.165) is 12.6 Å². The van der Waals surface area contributed by atoms with Gasteiger partial charge in [0.1, 0.15) is 0 Å². The molecule has 1 aliphatic heterocycles. The lowest BCUT2D eigenvalue weighted by Gasteiger charge is -2.23. The molecule has 1 saturated heterocycles. The molecule has 1 aromatic carbocycles. The summed E-state index contributed by atoms with van der Waals surface area (Å²) in [6.07, 6.45) is 5.01. The Kier molecular flexibility index (Phi) is 5.02. The average molecular weight is 232 g/mol. The number of benzene rings is 1. The van der Waals surface area contributed by atoms with Gasteiger partial charge in [0.25, 0.3) is 0 Å². The predicted octanol–water partition coefficient (Wildman–Crippen LogP) is 2.27. The van der Waals surface area contributed by atoms with E-state index >= 15 is 0 Å². The second-order valence-corrected chi connectivity index (χ2v) is 5.01. The number of aryl methyl sites for hydroxylation is 2. The molecule has 1 aliphatic rings. The van der Waals surface area contributed by atoms with Crippen molar-refractivity contribution in [2.45, 2.75) is 38.6 Å². The van der Waals surface area contributed by atoms with Crippen LogP contribution in [0.15, 0.2) is 24.3 Å². The van der Waals surface area contributed by atoms with Crippen molar-refractivity contribution in [3.05, 3.63) is 35.4 Å². The summed E-state index contributed by atoms with van der Waals surface area (Å²) in [7, 11) is 0. The zero-order chi connectivity index (χ0) is 11.9. The highest BCUT2D eigenvalue weighted by atomic mass is 15.0. The number of hydrogen-bond donors (Lipinski definition) is 2. The zero-order valence-electron chi connectivity index (χ0n) is 10.8. The molecule has 2 heteroatoms. The van der Waals surface area contributed by atoms with Crippen molar-refractivity contribution < 1.29 is 0 Å². The molecule has 17 heavy (non-hydrogen) atoms. The minimum atomic E-state index is 0.744. The van der Waals surface area contributed by atoms with E-state index in [1.165, 1.54) is 49.9 Å². The number of rotatable bonds is 5. The summed E-state index contributed by atoms with van der Waals surface area (Å²) in [5.74, 6) is 0. The Labute approximate surface area is 105 Å². The quantitative estimate of drug-likeness (QED) is 0.761. The van der Waals surface area contributed by atoms with Gasteiger partial charge in [-0.25, -0.2) is 0 Å². The summed E-state index contributed by atoms with van der Waals surface area (Å²) in [4.78, 5) is 0. The van der Waals surface area contributed by atoms with Crippen molar-refractivity contribution in [1.82, 2.24) is 10.6 Å². The van der Waals surface area contributed by atoms with E-state index in [-0.39, 0.29) is 0 Å². The Morgan fingerprint density at radius 2 is 2.00 bits per heavy atom. The van der Waals surface area contributed by atoms with Crippen LogP contribution in [0.4, 0.5) is 0 Å². The van der Waals surface area contributed by atoms with Gasteiger partial charge in [0, 0.05) is 6.04 Å². The highest BCUT2D eigenvalue weighted by Gasteiger charge is 2.11. The van der Waals surface area contributed by atoms with E-state index in [0.29, 0.717) is 0 Å². The third-order valence-electron chi connectivity index (χ3n) is 3.66. The van der Waals surface area contributed by atoms with Crippen molar-refractivity contribution >= 4 is 0 Å². The fourth-order valence-corrected chi connectivity index (χ4v) is 2.50. The largest absolute Gasteiger partial charge is 0.317 e. The van der Waals surface area contributed by atoms with Gasteiger partial charge in [-0.2, -0.15) is 0 Å². The second kappa shape index (κ2) is 6.77. The van der Waals surface area contributed by atoms with Crippen LogP contribution >= 0.6 is 0 Å². The molecule has 0 aliphatic carbocycles. The van der Waals surface area contributed by atoms with Crippen LogP contribution in [0.3, 0.4) is 0 Å². The monoisotopic (exact) mass is 232 g/mol. The van der Waals surface area contributed by atoms with Crippen LogP contribution < -0.4 is 10.6 Å². The van der Waals surface area contributed by atoms with Gasteiger partial charge in [0.05, 0.1) is 0 Å². The summed E-state index contributed by atoms with van der Waals surface area (Å²) in [5, 5.41) is 7.07. The first-order valence-corrected chi connectivity index (χ1v) is 6.85. The van der Waals surface area contributed by atoms with Crippen LogP contribution in [0.5, 0.6) is 0 Å². The van der Waals surface area contributed by atoms with Gasteiger partial charge in [-0.15, -0.1) is 0 Å². The number of nitrogens with one attached hydrogen (secondary N) is 2. The lowest BCUT2D eigenvalue weighted by Crippen LogP contribution is -2.40. The summed E-state index contributed by atoms with van der Waals surface area (Å²) in [5.41, 5.74) is 2.92. The molecule has 0 saturated carbocycles. The van der Waals surface area contributed by atoms with E-state index in [4.69, 9.17) is 0 Å². The standard InChI is InChI=1S/C15H24N2/c1-13-5-2-3-6-14(13)7-4-10-17-15-8-11-16-12-9-15/h2-3,5-6,15-17H,4,7-12H2,1H3. The van der Waals surface area contributed by atoms with E-state index in [1.807, 2.05) is 0 Å². The van der Waals surface area contributed by atoms with Gasteiger partial charge in [0.2, 0.25) is 0 Å². The van der Waals surface area contributed by atoms with Crippen molar-refractivity contribution in [3.8, 4) is 0 Å². The van der Waals surface area contributed by atoms with E-state index in [1.54, 1.807) is 0 Å². The highest BCUT2D eigenvalue weighted by Crippen LogP contribution is 2.09. The van der Waals surface area contributed by atoms with E-state index < -0.39 is 0 Å². The van der Waals surface area contributed by atoms with E-state index in [2.05, 4.69) is 41.8 Å². The zero-order valence-corrected chi connectivity index (χ0v) is 10.8. The summed E-state index contributed by atoms with van der Waals surface area (Å²) < 4.78 is 0. The third kappa shape index (κ3) is 4.14. The second-order valence-electron chi connectivity index (χ2n) is 5.01. The van der Waals surface area contributed by atoms with Crippen molar-refractivity contribution in [3.63, 3.8) is 0 Å². The van der Waals surface area contributed by atoms with Crippen LogP contribution in [0, 0.1) is 6.92 Å². The van der Waals surface area contributed by atoms with Gasteiger partial charge >= 0.3 is 0 Å². The van der Waals surface area contributed by atoms with Crippen LogP contribution in [0.1, 0.15) is 30.4 Å². The topological polar surface area (TPSA) is 24.1 Å². The maximum atomic E-state index is 3.67. The fraction of sp³-hybridized carbons (Fsp3) is 0.600. The molecule has 0 bridgehead atoms. The fourth-order valence-electron chi connectivity index (χ4n) is 2.50. The molecular weight excluding hydrogens is 208 g/mol. The summed E-state index contributed by atoms with van der Waals surface area (Å²) in [6.45, 7) is 5.71. The SMILES string of the molecule is Cc1ccccc1CCCNC1CCNCC1. The average Bonchev–Trinajstić information content (AvgIpc) is 2.38. The van der Waals surface area contributed by atoms with Crippen LogP contribution in [-0.4, -0.2) is 25.7 Å². The van der Waals surface area contributed by atoms with Crippen molar-refractivity contribution in [2.75, 3.05) is 19.6 Å². The molecule has 0 amide bonds. The van der Waals surface area contributed by atoms with E-state index in [9.17, 15) is 0 Å². The Bertz CT molecular complexity index is 329. The van der Waals surface area contributed by atoms with Crippen LogP contribution in [-0.2, 0) is 6.42 Å². The molecule has 2 nitrogen and oxygen atoms in total. The molecule has 1 fully saturated rings. The molecule has 1 heterocycles. The molecule has 0 radical (unpaired) electrons. The number of piperidine rings is 1. The summed E-state index contributed by atoms with van der Waals surface area (Å²) >= 11 is 0. The molecule has 2 rings (SSSR count). The molecule has 2 N–H and O–H groups in total. The highest BCUT2D eigenvalue weighted by molar-refractivity contribution is 5.25. The predicted molar refractivity (Wildman–Crippen MR) is 73.4 cm³/mol. The van der Waals surface area contributed by atoms with Crippen molar-refractivity contribution in [2.24, 2.45) is 0 Å². The molecule has 0 spiro atoms.